The number of nitrogens with zero attached hydrogens (tertiary/aromatic N) is 1. The van der Waals surface area contributed by atoms with Crippen LogP contribution in [0.4, 0.5) is 8.78 Å². The number of carboxylic acid groups (broad SMARTS) is 1. The lowest BCUT2D eigenvalue weighted by atomic mass is 10.0. The van der Waals surface area contributed by atoms with E-state index in [1.165, 1.54) is 35.2 Å². The Morgan fingerprint density at radius 3 is 2.46 bits per heavy atom. The van der Waals surface area contributed by atoms with Gasteiger partial charge in [-0.3, -0.25) is 4.79 Å². The number of rotatable bonds is 4. The summed E-state index contributed by atoms with van der Waals surface area (Å²) in [7, 11) is 0. The number of benzene rings is 2. The van der Waals surface area contributed by atoms with Gasteiger partial charge in [0.15, 0.2) is 11.6 Å². The molecule has 2 aromatic rings. The molecule has 1 amide bonds. The first-order valence-corrected chi connectivity index (χ1v) is 8.22. The zero-order valence-corrected chi connectivity index (χ0v) is 13.8. The minimum atomic E-state index is -1.01. The van der Waals surface area contributed by atoms with Gasteiger partial charge in [-0.2, -0.15) is 0 Å². The summed E-state index contributed by atoms with van der Waals surface area (Å²) in [5, 5.41) is 9.28. The lowest BCUT2D eigenvalue weighted by Crippen LogP contribution is -2.47. The molecule has 0 saturated carbocycles. The molecule has 0 spiro atoms. The maximum atomic E-state index is 13.6. The normalized spacial score (nSPS) is 17.0. The molecule has 0 radical (unpaired) electrons. The molecule has 1 atom stereocenters. The third-order valence-corrected chi connectivity index (χ3v) is 4.27. The molecule has 1 heterocycles. The molecule has 1 unspecified atom stereocenters. The van der Waals surface area contributed by atoms with E-state index in [1.54, 1.807) is 0 Å². The number of amides is 1. The van der Waals surface area contributed by atoms with Crippen LogP contribution >= 0.6 is 0 Å². The summed E-state index contributed by atoms with van der Waals surface area (Å²) >= 11 is 0. The van der Waals surface area contributed by atoms with Crippen molar-refractivity contribution in [1.82, 2.24) is 4.90 Å². The second-order valence-corrected chi connectivity index (χ2v) is 6.05. The van der Waals surface area contributed by atoms with Crippen molar-refractivity contribution in [1.29, 1.82) is 0 Å². The van der Waals surface area contributed by atoms with Crippen molar-refractivity contribution in [2.75, 3.05) is 6.54 Å². The van der Waals surface area contributed by atoms with E-state index >= 15 is 0 Å². The maximum absolute atomic E-state index is 13.6. The fourth-order valence-corrected chi connectivity index (χ4v) is 2.95. The first-order valence-electron chi connectivity index (χ1n) is 8.22. The van der Waals surface area contributed by atoms with Gasteiger partial charge in [0, 0.05) is 18.2 Å². The molecule has 0 bridgehead atoms. The van der Waals surface area contributed by atoms with E-state index in [4.69, 9.17) is 4.74 Å². The van der Waals surface area contributed by atoms with Gasteiger partial charge < -0.3 is 14.7 Å². The van der Waals surface area contributed by atoms with Gasteiger partial charge in [0.2, 0.25) is 0 Å². The number of piperidine rings is 1. The van der Waals surface area contributed by atoms with E-state index in [9.17, 15) is 23.5 Å². The molecule has 5 nitrogen and oxygen atoms in total. The van der Waals surface area contributed by atoms with E-state index in [0.717, 1.165) is 25.0 Å². The number of carbonyl (C=O) groups excluding carboxylic acids is 1. The third-order valence-electron chi connectivity index (χ3n) is 4.27. The number of carboxylic acids is 1. The lowest BCUT2D eigenvalue weighted by Gasteiger charge is -2.33. The molecule has 136 valence electrons. The van der Waals surface area contributed by atoms with Crippen molar-refractivity contribution in [2.45, 2.75) is 25.3 Å². The van der Waals surface area contributed by atoms with Gasteiger partial charge in [0.05, 0.1) is 0 Å². The van der Waals surface area contributed by atoms with Gasteiger partial charge in [0.1, 0.15) is 17.6 Å². The molecule has 26 heavy (non-hydrogen) atoms. The van der Waals surface area contributed by atoms with E-state index < -0.39 is 23.6 Å². The molecule has 0 aliphatic carbocycles. The summed E-state index contributed by atoms with van der Waals surface area (Å²) < 4.78 is 31.9. The largest absolute Gasteiger partial charge is 0.480 e. The highest BCUT2D eigenvalue weighted by atomic mass is 19.1. The van der Waals surface area contributed by atoms with Crippen molar-refractivity contribution in [3.63, 3.8) is 0 Å². The second kappa shape index (κ2) is 7.51. The summed E-state index contributed by atoms with van der Waals surface area (Å²) in [6.07, 6.45) is 1.98. The van der Waals surface area contributed by atoms with Crippen LogP contribution in [0.15, 0.2) is 42.5 Å². The molecular weight excluding hydrogens is 344 g/mol. The van der Waals surface area contributed by atoms with E-state index in [1.807, 2.05) is 0 Å². The Bertz CT molecular complexity index is 823. The molecule has 1 fully saturated rings. The highest BCUT2D eigenvalue weighted by Gasteiger charge is 2.32. The van der Waals surface area contributed by atoms with Gasteiger partial charge in [-0.25, -0.2) is 13.6 Å². The summed E-state index contributed by atoms with van der Waals surface area (Å²) in [4.78, 5) is 25.3. The Morgan fingerprint density at radius 2 is 1.81 bits per heavy atom. The molecule has 7 heteroatoms. The van der Waals surface area contributed by atoms with Crippen molar-refractivity contribution < 1.29 is 28.2 Å². The number of ether oxygens (including phenoxy) is 1. The lowest BCUT2D eigenvalue weighted by molar-refractivity contribution is -0.143. The van der Waals surface area contributed by atoms with Gasteiger partial charge >= 0.3 is 5.97 Å². The fraction of sp³-hybridized carbons (Fsp3) is 0.263. The molecule has 3 rings (SSSR count). The SMILES string of the molecule is O=C(O)C1CCCCN1C(=O)c1ccc(Oc2ccc(F)cc2F)cc1. The average molecular weight is 361 g/mol. The Balaban J connectivity index is 1.74. The minimum Gasteiger partial charge on any atom is -0.480 e. The highest BCUT2D eigenvalue weighted by molar-refractivity contribution is 5.96. The predicted molar refractivity (Wildman–Crippen MR) is 89.2 cm³/mol. The minimum absolute atomic E-state index is 0.132. The number of hydrogen-bond acceptors (Lipinski definition) is 3. The maximum Gasteiger partial charge on any atom is 0.326 e. The van der Waals surface area contributed by atoms with Crippen molar-refractivity contribution >= 4 is 11.9 Å². The third kappa shape index (κ3) is 3.82. The van der Waals surface area contributed by atoms with E-state index in [-0.39, 0.29) is 17.4 Å². The predicted octanol–water partition coefficient (Wildman–Crippen LogP) is 3.84. The number of halogens is 2. The summed E-state index contributed by atoms with van der Waals surface area (Å²) in [6.45, 7) is 0.398. The van der Waals surface area contributed by atoms with Crippen LogP contribution in [-0.4, -0.2) is 34.5 Å². The number of carbonyl (C=O) groups is 2. The van der Waals surface area contributed by atoms with Crippen LogP contribution in [0.1, 0.15) is 29.6 Å². The van der Waals surface area contributed by atoms with Crippen molar-refractivity contribution in [2.24, 2.45) is 0 Å². The monoisotopic (exact) mass is 361 g/mol. The Morgan fingerprint density at radius 1 is 1.08 bits per heavy atom. The Kier molecular flexibility index (Phi) is 5.16. The molecule has 0 aromatic heterocycles. The quantitative estimate of drug-likeness (QED) is 0.899. The smallest absolute Gasteiger partial charge is 0.326 e. The van der Waals surface area contributed by atoms with Gasteiger partial charge in [-0.05, 0) is 55.7 Å². The molecule has 1 aliphatic rings. The topological polar surface area (TPSA) is 66.8 Å². The van der Waals surface area contributed by atoms with Crippen LogP contribution in [-0.2, 0) is 4.79 Å². The molecule has 1 saturated heterocycles. The highest BCUT2D eigenvalue weighted by Crippen LogP contribution is 2.26. The van der Waals surface area contributed by atoms with Crippen molar-refractivity contribution in [3.8, 4) is 11.5 Å². The van der Waals surface area contributed by atoms with Gasteiger partial charge in [-0.15, -0.1) is 0 Å². The van der Waals surface area contributed by atoms with E-state index in [2.05, 4.69) is 0 Å². The summed E-state index contributed by atoms with van der Waals surface area (Å²) in [6, 6.07) is 8.11. The second-order valence-electron chi connectivity index (χ2n) is 6.05. The zero-order chi connectivity index (χ0) is 18.7. The standard InChI is InChI=1S/C19H17F2NO4/c20-13-6-9-17(15(21)11-13)26-14-7-4-12(5-8-14)18(23)22-10-2-1-3-16(22)19(24)25/h4-9,11,16H,1-3,10H2,(H,24,25). The van der Waals surface area contributed by atoms with Gasteiger partial charge in [-0.1, -0.05) is 0 Å². The van der Waals surface area contributed by atoms with Crippen LogP contribution in [0, 0.1) is 11.6 Å². The Hall–Kier alpha value is -2.96. The fourth-order valence-electron chi connectivity index (χ4n) is 2.95. The molecular formula is C19H17F2NO4. The molecule has 1 N–H and O–H groups in total. The van der Waals surface area contributed by atoms with Crippen LogP contribution in [0.5, 0.6) is 11.5 Å². The number of aliphatic carboxylic acids is 1. The molecule has 1 aliphatic heterocycles. The summed E-state index contributed by atoms with van der Waals surface area (Å²) in [5.41, 5.74) is 0.324. The van der Waals surface area contributed by atoms with Crippen LogP contribution in [0.3, 0.4) is 0 Å². The van der Waals surface area contributed by atoms with Crippen molar-refractivity contribution in [3.05, 3.63) is 59.7 Å². The summed E-state index contributed by atoms with van der Waals surface area (Å²) in [5.74, 6) is -2.76. The number of hydrogen-bond donors (Lipinski definition) is 1. The zero-order valence-electron chi connectivity index (χ0n) is 13.8. The first kappa shape index (κ1) is 17.8. The average Bonchev–Trinajstić information content (AvgIpc) is 2.64. The molecule has 2 aromatic carbocycles. The van der Waals surface area contributed by atoms with Crippen LogP contribution < -0.4 is 4.74 Å². The van der Waals surface area contributed by atoms with Crippen LogP contribution in [0.25, 0.3) is 0 Å². The first-order chi connectivity index (χ1) is 12.5. The van der Waals surface area contributed by atoms with Crippen LogP contribution in [0.2, 0.25) is 0 Å². The van der Waals surface area contributed by atoms with Gasteiger partial charge in [0.25, 0.3) is 5.91 Å². The Labute approximate surface area is 148 Å². The van der Waals surface area contributed by atoms with E-state index in [0.29, 0.717) is 18.5 Å². The number of likely N-dealkylation sites (tertiary alicyclic amines) is 1.